The van der Waals surface area contributed by atoms with Crippen molar-refractivity contribution in [3.8, 4) is 5.75 Å². The Kier molecular flexibility index (Phi) is 5.01. The minimum Gasteiger partial charge on any atom is -0.506 e. The molecule has 132 valence electrons. The zero-order valence-electron chi connectivity index (χ0n) is 13.5. The number of halogens is 2. The number of phenols is 1. The van der Waals surface area contributed by atoms with Gasteiger partial charge in [-0.1, -0.05) is 30.1 Å². The zero-order valence-corrected chi connectivity index (χ0v) is 15.0. The fourth-order valence-corrected chi connectivity index (χ4v) is 3.72. The Morgan fingerprint density at radius 2 is 2.00 bits per heavy atom. The zero-order chi connectivity index (χ0) is 18.1. The first-order valence-electron chi connectivity index (χ1n) is 7.88. The van der Waals surface area contributed by atoms with Crippen LogP contribution in [-0.2, 0) is 16.1 Å². The summed E-state index contributed by atoms with van der Waals surface area (Å²) in [6.45, 7) is 2.72. The molecule has 2 atom stereocenters. The van der Waals surface area contributed by atoms with E-state index < -0.39 is 23.7 Å². The van der Waals surface area contributed by atoms with Gasteiger partial charge in [-0.3, -0.25) is 9.59 Å². The third kappa shape index (κ3) is 3.37. The quantitative estimate of drug-likeness (QED) is 0.807. The molecule has 1 aromatic heterocycles. The van der Waals surface area contributed by atoms with Crippen LogP contribution in [0.15, 0.2) is 30.9 Å². The first-order chi connectivity index (χ1) is 11.9. The fourth-order valence-electron chi connectivity index (χ4n) is 3.21. The number of Topliss-reactive ketones (excluding diaryl/α,β-unsaturated/α-hetero) is 1. The summed E-state index contributed by atoms with van der Waals surface area (Å²) in [5, 5.41) is 10.8. The maximum absolute atomic E-state index is 12.4. The number of aromatic nitrogens is 2. The number of benzene rings is 1. The van der Waals surface area contributed by atoms with Crippen molar-refractivity contribution in [2.75, 3.05) is 6.54 Å². The van der Waals surface area contributed by atoms with E-state index in [1.54, 1.807) is 25.5 Å². The van der Waals surface area contributed by atoms with Crippen molar-refractivity contribution in [2.45, 2.75) is 25.9 Å². The van der Waals surface area contributed by atoms with E-state index in [9.17, 15) is 14.7 Å². The van der Waals surface area contributed by atoms with Crippen LogP contribution < -0.4 is 0 Å². The highest BCUT2D eigenvalue weighted by molar-refractivity contribution is 6.39. The lowest BCUT2D eigenvalue weighted by Crippen LogP contribution is -2.31. The van der Waals surface area contributed by atoms with Gasteiger partial charge in [0, 0.05) is 42.0 Å². The molecule has 25 heavy (non-hydrogen) atoms. The Morgan fingerprint density at radius 3 is 2.68 bits per heavy atom. The molecular formula is C17H17Cl2N3O3. The monoisotopic (exact) mass is 381 g/mol. The second-order valence-electron chi connectivity index (χ2n) is 6.08. The highest BCUT2D eigenvalue weighted by Gasteiger charge is 2.46. The van der Waals surface area contributed by atoms with Crippen LogP contribution in [0.4, 0.5) is 0 Å². The predicted octanol–water partition coefficient (Wildman–Crippen LogP) is 3.07. The highest BCUT2D eigenvalue weighted by Crippen LogP contribution is 2.43. The maximum atomic E-state index is 12.4. The molecule has 6 nitrogen and oxygen atoms in total. The van der Waals surface area contributed by atoms with Crippen molar-refractivity contribution in [1.82, 2.24) is 14.5 Å². The van der Waals surface area contributed by atoms with E-state index in [0.717, 1.165) is 0 Å². The van der Waals surface area contributed by atoms with Crippen LogP contribution in [0.1, 0.15) is 24.9 Å². The SMILES string of the molecule is CC1C(=O)C(=O)N(CCCn2ccnc2)C1c1cc(Cl)cc(Cl)c1O. The molecule has 0 spiro atoms. The molecule has 2 unspecified atom stereocenters. The number of amides is 1. The third-order valence-corrected chi connectivity index (χ3v) is 4.95. The lowest BCUT2D eigenvalue weighted by Gasteiger charge is -2.27. The summed E-state index contributed by atoms with van der Waals surface area (Å²) >= 11 is 12.1. The van der Waals surface area contributed by atoms with Gasteiger partial charge < -0.3 is 14.6 Å². The van der Waals surface area contributed by atoms with Crippen LogP contribution in [0.3, 0.4) is 0 Å². The molecule has 1 saturated heterocycles. The van der Waals surface area contributed by atoms with Crippen LogP contribution in [0.2, 0.25) is 10.0 Å². The van der Waals surface area contributed by atoms with Crippen LogP contribution >= 0.6 is 23.2 Å². The summed E-state index contributed by atoms with van der Waals surface area (Å²) in [5.74, 6) is -1.74. The number of ketones is 1. The number of likely N-dealkylation sites (tertiary alicyclic amines) is 1. The van der Waals surface area contributed by atoms with Crippen molar-refractivity contribution in [1.29, 1.82) is 0 Å². The number of hydrogen-bond donors (Lipinski definition) is 1. The molecule has 1 N–H and O–H groups in total. The first-order valence-corrected chi connectivity index (χ1v) is 8.64. The van der Waals surface area contributed by atoms with Gasteiger partial charge in [0.1, 0.15) is 5.75 Å². The van der Waals surface area contributed by atoms with Gasteiger partial charge in [-0.05, 0) is 18.6 Å². The lowest BCUT2D eigenvalue weighted by molar-refractivity contribution is -0.141. The average Bonchev–Trinajstić information content (AvgIpc) is 3.15. The van der Waals surface area contributed by atoms with Gasteiger partial charge in [-0.25, -0.2) is 4.98 Å². The van der Waals surface area contributed by atoms with Crippen molar-refractivity contribution >= 4 is 34.9 Å². The average molecular weight is 382 g/mol. The number of rotatable bonds is 5. The molecule has 0 radical (unpaired) electrons. The number of hydrogen-bond acceptors (Lipinski definition) is 4. The van der Waals surface area contributed by atoms with E-state index in [0.29, 0.717) is 30.1 Å². The number of aromatic hydroxyl groups is 1. The molecule has 2 aromatic rings. The molecular weight excluding hydrogens is 365 g/mol. The molecule has 0 bridgehead atoms. The van der Waals surface area contributed by atoms with Crippen molar-refractivity contribution in [3.63, 3.8) is 0 Å². The Hall–Kier alpha value is -2.05. The summed E-state index contributed by atoms with van der Waals surface area (Å²) in [7, 11) is 0. The third-order valence-electron chi connectivity index (χ3n) is 4.45. The van der Waals surface area contributed by atoms with Crippen molar-refractivity contribution < 1.29 is 14.7 Å². The van der Waals surface area contributed by atoms with E-state index >= 15 is 0 Å². The molecule has 1 aromatic carbocycles. The molecule has 1 amide bonds. The standard InChI is InChI=1S/C17H17Cl2N3O3/c1-10-14(12-7-11(18)8-13(19)16(12)24)22(17(25)15(10)23)5-2-4-21-6-3-20-9-21/h3,6-10,14,24H,2,4-5H2,1H3. The van der Waals surface area contributed by atoms with E-state index in [4.69, 9.17) is 23.2 Å². The molecule has 0 saturated carbocycles. The number of carbonyl (C=O) groups is 2. The maximum Gasteiger partial charge on any atom is 0.290 e. The summed E-state index contributed by atoms with van der Waals surface area (Å²) < 4.78 is 1.90. The van der Waals surface area contributed by atoms with Crippen LogP contribution in [0.25, 0.3) is 0 Å². The van der Waals surface area contributed by atoms with E-state index in [1.807, 2.05) is 10.8 Å². The van der Waals surface area contributed by atoms with Crippen molar-refractivity contribution in [3.05, 3.63) is 46.5 Å². The molecule has 2 heterocycles. The largest absolute Gasteiger partial charge is 0.506 e. The molecule has 1 fully saturated rings. The van der Waals surface area contributed by atoms with Crippen LogP contribution in [0.5, 0.6) is 5.75 Å². The summed E-state index contributed by atoms with van der Waals surface area (Å²) in [6, 6.07) is 2.40. The van der Waals surface area contributed by atoms with E-state index in [2.05, 4.69) is 4.98 Å². The van der Waals surface area contributed by atoms with Gasteiger partial charge in [-0.15, -0.1) is 0 Å². The summed E-state index contributed by atoms with van der Waals surface area (Å²) in [5.41, 5.74) is 0.395. The molecule has 8 heteroatoms. The molecule has 1 aliphatic rings. The van der Waals surface area contributed by atoms with Crippen molar-refractivity contribution in [2.24, 2.45) is 5.92 Å². The van der Waals surface area contributed by atoms with Gasteiger partial charge >= 0.3 is 0 Å². The Balaban J connectivity index is 1.86. The Bertz CT molecular complexity index is 808. The topological polar surface area (TPSA) is 75.4 Å². The molecule has 1 aliphatic heterocycles. The van der Waals surface area contributed by atoms with E-state index in [1.165, 1.54) is 11.0 Å². The normalized spacial score (nSPS) is 20.5. The number of aryl methyl sites for hydroxylation is 1. The number of phenolic OH excluding ortho intramolecular Hbond substituents is 1. The van der Waals surface area contributed by atoms with Gasteiger partial charge in [0.15, 0.2) is 0 Å². The molecule has 3 rings (SSSR count). The van der Waals surface area contributed by atoms with Gasteiger partial charge in [0.05, 0.1) is 17.4 Å². The second-order valence-corrected chi connectivity index (χ2v) is 6.92. The number of imidazole rings is 1. The Labute approximate surface area is 155 Å². The Morgan fingerprint density at radius 1 is 1.24 bits per heavy atom. The van der Waals surface area contributed by atoms with Crippen LogP contribution in [0, 0.1) is 5.92 Å². The van der Waals surface area contributed by atoms with Gasteiger partial charge in [0.2, 0.25) is 5.78 Å². The highest BCUT2D eigenvalue weighted by atomic mass is 35.5. The fraction of sp³-hybridized carbons (Fsp3) is 0.353. The summed E-state index contributed by atoms with van der Waals surface area (Å²) in [6.07, 6.45) is 5.86. The minimum atomic E-state index is -0.584. The number of nitrogens with zero attached hydrogens (tertiary/aromatic N) is 3. The van der Waals surface area contributed by atoms with E-state index in [-0.39, 0.29) is 10.8 Å². The smallest absolute Gasteiger partial charge is 0.290 e. The molecule has 0 aliphatic carbocycles. The lowest BCUT2D eigenvalue weighted by atomic mass is 9.94. The number of carbonyl (C=O) groups excluding carboxylic acids is 2. The summed E-state index contributed by atoms with van der Waals surface area (Å²) in [4.78, 5) is 30.1. The van der Waals surface area contributed by atoms with Gasteiger partial charge in [-0.2, -0.15) is 0 Å². The first kappa shape index (κ1) is 17.8. The predicted molar refractivity (Wildman–Crippen MR) is 93.6 cm³/mol. The van der Waals surface area contributed by atoms with Crippen LogP contribution in [-0.4, -0.2) is 37.8 Å². The van der Waals surface area contributed by atoms with Gasteiger partial charge in [0.25, 0.3) is 5.91 Å². The second kappa shape index (κ2) is 7.06. The minimum absolute atomic E-state index is 0.0971.